The lowest BCUT2D eigenvalue weighted by Crippen LogP contribution is -2.55. The zero-order valence-electron chi connectivity index (χ0n) is 20.5. The van der Waals surface area contributed by atoms with Gasteiger partial charge in [0.2, 0.25) is 5.91 Å². The van der Waals surface area contributed by atoms with E-state index in [0.29, 0.717) is 18.4 Å². The summed E-state index contributed by atoms with van der Waals surface area (Å²) in [6, 6.07) is 6.42. The summed E-state index contributed by atoms with van der Waals surface area (Å²) in [6.45, 7) is 1.83. The molecule has 1 N–H and O–H groups in total. The van der Waals surface area contributed by atoms with Gasteiger partial charge in [-0.25, -0.2) is 4.68 Å². The molecule has 0 bridgehead atoms. The minimum absolute atomic E-state index is 0.0521. The number of esters is 1. The molecule has 4 aliphatic heterocycles. The number of ether oxygens (including phenoxy) is 2. The Balaban J connectivity index is 1.39. The normalized spacial score (nSPS) is 34.3. The van der Waals surface area contributed by atoms with Crippen molar-refractivity contribution in [2.45, 2.75) is 50.3 Å². The molecule has 4 aliphatic rings. The Morgan fingerprint density at radius 3 is 2.84 bits per heavy atom. The van der Waals surface area contributed by atoms with E-state index in [-0.39, 0.29) is 38.4 Å². The predicted molar refractivity (Wildman–Crippen MR) is 129 cm³/mol. The molecular weight excluding hydrogens is 478 g/mol. The van der Waals surface area contributed by atoms with E-state index in [1.54, 1.807) is 15.7 Å². The predicted octanol–water partition coefficient (Wildman–Crippen LogP) is 0.642. The lowest BCUT2D eigenvalue weighted by atomic mass is 9.78. The number of nitrogens with zero attached hydrogens (tertiary/aromatic N) is 5. The number of cyclic esters (lactones) is 1. The Bertz CT molecular complexity index is 1310. The molecule has 0 radical (unpaired) electrons. The minimum atomic E-state index is -1.36. The van der Waals surface area contributed by atoms with Gasteiger partial charge in [-0.1, -0.05) is 41.7 Å². The smallest absolute Gasteiger partial charge is 0.313 e. The van der Waals surface area contributed by atoms with Gasteiger partial charge in [0.15, 0.2) is 0 Å². The first-order chi connectivity index (χ1) is 17.9. The number of fused-ring (bicyclic) bond motifs is 3. The molecule has 37 heavy (non-hydrogen) atoms. The number of likely N-dealkylation sites (tertiary alicyclic amines) is 1. The highest BCUT2D eigenvalue weighted by Gasteiger charge is 2.71. The van der Waals surface area contributed by atoms with Crippen molar-refractivity contribution in [3.63, 3.8) is 0 Å². The lowest BCUT2D eigenvalue weighted by molar-refractivity contribution is -0.158. The van der Waals surface area contributed by atoms with E-state index in [0.717, 1.165) is 5.52 Å². The number of benzene rings is 1. The number of rotatable bonds is 4. The standard InChI is InChI=1S/C26H29N5O6/c1-16-7-2-5-10-19-20(25(35)36-16)21-23(33)30(13-14-32)22-24(34)29(12-6-11-26(21,22)37-19)15-31-18-9-4-3-8-17(18)27-28-31/h3-6,8-11,16,19-22,32H,2,7,12-15H2,1H3/b10-5-/t16?,19-,20?,21+,22-,26?/m1/s1. The molecule has 3 unspecified atom stereocenters. The van der Waals surface area contributed by atoms with Crippen LogP contribution in [0.4, 0.5) is 0 Å². The van der Waals surface area contributed by atoms with Crippen molar-refractivity contribution >= 4 is 28.8 Å². The molecule has 2 aromatic rings. The van der Waals surface area contributed by atoms with Gasteiger partial charge in [0, 0.05) is 13.1 Å². The fourth-order valence-electron chi connectivity index (χ4n) is 6.15. The Morgan fingerprint density at radius 2 is 2.00 bits per heavy atom. The number of β-amino-alcohol motifs (C(OH)–C–C–N with tert-alkyl or cyclic N) is 1. The van der Waals surface area contributed by atoms with Crippen LogP contribution in [0.5, 0.6) is 0 Å². The second kappa shape index (κ2) is 9.07. The number of para-hydroxylation sites is 1. The van der Waals surface area contributed by atoms with E-state index in [1.165, 1.54) is 4.90 Å². The van der Waals surface area contributed by atoms with Gasteiger partial charge in [-0.05, 0) is 31.9 Å². The van der Waals surface area contributed by atoms with Crippen molar-refractivity contribution in [1.82, 2.24) is 24.8 Å². The topological polar surface area (TPSA) is 127 Å². The van der Waals surface area contributed by atoms with E-state index in [4.69, 9.17) is 9.47 Å². The summed E-state index contributed by atoms with van der Waals surface area (Å²) in [6.07, 6.45) is 7.72. The summed E-state index contributed by atoms with van der Waals surface area (Å²) in [5.41, 5.74) is 0.129. The van der Waals surface area contributed by atoms with Crippen LogP contribution in [0.1, 0.15) is 19.8 Å². The number of aliphatic hydroxyl groups is 1. The molecule has 2 saturated heterocycles. The van der Waals surface area contributed by atoms with Crippen molar-refractivity contribution in [1.29, 1.82) is 0 Å². The van der Waals surface area contributed by atoms with Crippen molar-refractivity contribution < 1.29 is 29.0 Å². The summed E-state index contributed by atoms with van der Waals surface area (Å²) < 4.78 is 13.9. The Labute approximate surface area is 213 Å². The van der Waals surface area contributed by atoms with Gasteiger partial charge < -0.3 is 24.4 Å². The Kier molecular flexibility index (Phi) is 5.84. The molecule has 6 rings (SSSR count). The third-order valence-electron chi connectivity index (χ3n) is 7.80. The van der Waals surface area contributed by atoms with Gasteiger partial charge in [-0.3, -0.25) is 14.4 Å². The number of hydrogen-bond acceptors (Lipinski definition) is 8. The summed E-state index contributed by atoms with van der Waals surface area (Å²) in [4.78, 5) is 44.2. The SMILES string of the molecule is CC1CC/C=C\[C@H]2OC34C=CCN(Cn5nnc6ccccc65)C(=O)[C@H]3N(CCO)C(=O)[C@@H]4C2C(=O)O1. The zero-order chi connectivity index (χ0) is 25.7. The highest BCUT2D eigenvalue weighted by molar-refractivity contribution is 5.99. The van der Waals surface area contributed by atoms with E-state index in [1.807, 2.05) is 49.4 Å². The van der Waals surface area contributed by atoms with Gasteiger partial charge >= 0.3 is 5.97 Å². The van der Waals surface area contributed by atoms with Crippen LogP contribution < -0.4 is 0 Å². The van der Waals surface area contributed by atoms with Gasteiger partial charge in [0.1, 0.15) is 29.7 Å². The maximum absolute atomic E-state index is 14.1. The monoisotopic (exact) mass is 507 g/mol. The van der Waals surface area contributed by atoms with Crippen molar-refractivity contribution in [2.75, 3.05) is 19.7 Å². The second-order valence-electron chi connectivity index (χ2n) is 10.0. The van der Waals surface area contributed by atoms with Crippen LogP contribution in [-0.2, 0) is 30.5 Å². The van der Waals surface area contributed by atoms with Gasteiger partial charge in [-0.15, -0.1) is 5.10 Å². The minimum Gasteiger partial charge on any atom is -0.462 e. The lowest BCUT2D eigenvalue weighted by Gasteiger charge is -2.35. The fourth-order valence-corrected chi connectivity index (χ4v) is 6.15. The molecule has 0 saturated carbocycles. The molecule has 5 heterocycles. The molecule has 6 atom stereocenters. The maximum Gasteiger partial charge on any atom is 0.313 e. The van der Waals surface area contributed by atoms with E-state index < -0.39 is 41.5 Å². The summed E-state index contributed by atoms with van der Waals surface area (Å²) in [5, 5.41) is 18.2. The molecule has 2 fully saturated rings. The van der Waals surface area contributed by atoms with Crippen molar-refractivity contribution in [2.24, 2.45) is 11.8 Å². The number of carbonyl (C=O) groups is 3. The number of hydrogen-bond donors (Lipinski definition) is 1. The van der Waals surface area contributed by atoms with Crippen LogP contribution in [-0.4, -0.2) is 91.2 Å². The number of amides is 2. The third-order valence-corrected chi connectivity index (χ3v) is 7.80. The van der Waals surface area contributed by atoms with Crippen LogP contribution in [0.25, 0.3) is 11.0 Å². The van der Waals surface area contributed by atoms with Crippen LogP contribution >= 0.6 is 0 Å². The average Bonchev–Trinajstić information content (AvgIpc) is 3.48. The summed E-state index contributed by atoms with van der Waals surface area (Å²) >= 11 is 0. The van der Waals surface area contributed by atoms with Gasteiger partial charge in [0.05, 0.1) is 30.2 Å². The highest BCUT2D eigenvalue weighted by atomic mass is 16.6. The molecule has 1 aromatic carbocycles. The molecule has 11 nitrogen and oxygen atoms in total. The number of allylic oxidation sites excluding steroid dienone is 1. The van der Waals surface area contributed by atoms with Crippen LogP contribution in [0.3, 0.4) is 0 Å². The molecular formula is C26H29N5O6. The highest BCUT2D eigenvalue weighted by Crippen LogP contribution is 2.53. The summed E-state index contributed by atoms with van der Waals surface area (Å²) in [7, 11) is 0. The van der Waals surface area contributed by atoms with Crippen molar-refractivity contribution in [3.05, 3.63) is 48.6 Å². The quantitative estimate of drug-likeness (QED) is 0.472. The van der Waals surface area contributed by atoms with E-state index in [2.05, 4.69) is 10.3 Å². The van der Waals surface area contributed by atoms with Gasteiger partial charge in [0.25, 0.3) is 5.91 Å². The Morgan fingerprint density at radius 1 is 1.16 bits per heavy atom. The second-order valence-corrected chi connectivity index (χ2v) is 10.0. The number of carbonyl (C=O) groups excluding carboxylic acids is 3. The first-order valence-electron chi connectivity index (χ1n) is 12.7. The van der Waals surface area contributed by atoms with E-state index in [9.17, 15) is 19.5 Å². The number of aromatic nitrogens is 3. The fraction of sp³-hybridized carbons (Fsp3) is 0.500. The van der Waals surface area contributed by atoms with Crippen molar-refractivity contribution in [3.8, 4) is 0 Å². The van der Waals surface area contributed by atoms with Crippen LogP contribution in [0.15, 0.2) is 48.6 Å². The van der Waals surface area contributed by atoms with Crippen LogP contribution in [0.2, 0.25) is 0 Å². The molecule has 2 amide bonds. The average molecular weight is 508 g/mol. The first kappa shape index (κ1) is 23.8. The van der Waals surface area contributed by atoms with Crippen LogP contribution in [0, 0.1) is 11.8 Å². The first-order valence-corrected chi connectivity index (χ1v) is 12.7. The molecule has 0 aliphatic carbocycles. The maximum atomic E-state index is 14.1. The largest absolute Gasteiger partial charge is 0.462 e. The van der Waals surface area contributed by atoms with Gasteiger partial charge in [-0.2, -0.15) is 0 Å². The third kappa shape index (κ3) is 3.67. The molecule has 1 aromatic heterocycles. The zero-order valence-corrected chi connectivity index (χ0v) is 20.5. The molecule has 194 valence electrons. The Hall–Kier alpha value is -3.57. The number of aliphatic hydroxyl groups excluding tert-OH is 1. The van der Waals surface area contributed by atoms with E-state index >= 15 is 0 Å². The summed E-state index contributed by atoms with van der Waals surface area (Å²) in [5.74, 6) is -3.07. The molecule has 1 spiro atoms. The molecule has 11 heteroatoms.